The van der Waals surface area contributed by atoms with Crippen molar-refractivity contribution < 1.29 is 19.2 Å². The zero-order valence-corrected chi connectivity index (χ0v) is 24.4. The molecule has 0 aliphatic carbocycles. The lowest BCUT2D eigenvalue weighted by atomic mass is 10.1. The van der Waals surface area contributed by atoms with Gasteiger partial charge in [0, 0.05) is 16.6 Å². The van der Waals surface area contributed by atoms with Crippen molar-refractivity contribution in [2.24, 2.45) is 0 Å². The minimum Gasteiger partial charge on any atom is -0.490 e. The Hall–Kier alpha value is -3.95. The summed E-state index contributed by atoms with van der Waals surface area (Å²) >= 11 is 5.36. The third-order valence-corrected chi connectivity index (χ3v) is 7.13. The Labute approximate surface area is 246 Å². The van der Waals surface area contributed by atoms with Gasteiger partial charge in [-0.3, -0.25) is 14.9 Å². The number of anilines is 1. The number of nitrogens with one attached hydrogen (secondary N) is 1. The minimum absolute atomic E-state index is 0.128. The van der Waals surface area contributed by atoms with Gasteiger partial charge in [0.2, 0.25) is 0 Å². The Morgan fingerprint density at radius 2 is 1.90 bits per heavy atom. The first kappa shape index (κ1) is 28.1. The van der Waals surface area contributed by atoms with E-state index < -0.39 is 10.8 Å². The molecule has 4 aromatic carbocycles. The van der Waals surface area contributed by atoms with Crippen molar-refractivity contribution in [3.8, 4) is 17.6 Å². The van der Waals surface area contributed by atoms with Gasteiger partial charge in [0.1, 0.15) is 18.2 Å². The lowest BCUT2D eigenvalue weighted by Gasteiger charge is -2.16. The largest absolute Gasteiger partial charge is 0.490 e. The fraction of sp³-hybridized carbons (Fsp3) is 0.103. The summed E-state index contributed by atoms with van der Waals surface area (Å²) in [5.74, 6) is 0.406. The molecule has 1 N–H and O–H groups in total. The minimum atomic E-state index is -0.656. The first-order valence-electron chi connectivity index (χ1n) is 11.7. The summed E-state index contributed by atoms with van der Waals surface area (Å²) in [6.45, 7) is 2.59. The van der Waals surface area contributed by atoms with Crippen LogP contribution in [-0.4, -0.2) is 17.4 Å². The van der Waals surface area contributed by atoms with Crippen LogP contribution in [0.2, 0.25) is 0 Å². The number of carbonyl (C=O) groups excluding carboxylic acids is 1. The highest BCUT2D eigenvalue weighted by molar-refractivity contribution is 14.1. The molecular weight excluding hydrogens is 677 g/mol. The number of nitriles is 1. The molecule has 196 valence electrons. The third kappa shape index (κ3) is 6.74. The molecule has 0 atom stereocenters. The molecule has 0 saturated heterocycles. The Kier molecular flexibility index (Phi) is 9.16. The van der Waals surface area contributed by atoms with Crippen LogP contribution in [0.3, 0.4) is 0 Å². The van der Waals surface area contributed by atoms with Crippen LogP contribution >= 0.6 is 38.5 Å². The van der Waals surface area contributed by atoms with Gasteiger partial charge in [-0.25, -0.2) is 0 Å². The number of halogens is 2. The highest BCUT2D eigenvalue weighted by Crippen LogP contribution is 2.36. The predicted molar refractivity (Wildman–Crippen MR) is 162 cm³/mol. The second-order valence-electron chi connectivity index (χ2n) is 8.24. The van der Waals surface area contributed by atoms with Gasteiger partial charge >= 0.3 is 0 Å². The van der Waals surface area contributed by atoms with Crippen LogP contribution in [0.1, 0.15) is 18.1 Å². The average molecular weight is 698 g/mol. The van der Waals surface area contributed by atoms with Gasteiger partial charge in [0.15, 0.2) is 11.5 Å². The van der Waals surface area contributed by atoms with E-state index in [1.165, 1.54) is 24.3 Å². The van der Waals surface area contributed by atoms with Gasteiger partial charge in [-0.2, -0.15) is 5.26 Å². The summed E-state index contributed by atoms with van der Waals surface area (Å²) in [4.78, 5) is 23.3. The number of fused-ring (bicyclic) bond motifs is 1. The van der Waals surface area contributed by atoms with E-state index >= 15 is 0 Å². The Morgan fingerprint density at radius 3 is 2.62 bits per heavy atom. The molecule has 0 unspecified atom stereocenters. The zero-order chi connectivity index (χ0) is 27.9. The number of nitrogens with zero attached hydrogens (tertiary/aromatic N) is 2. The lowest BCUT2D eigenvalue weighted by Crippen LogP contribution is -2.14. The number of amides is 1. The van der Waals surface area contributed by atoms with Gasteiger partial charge in [-0.1, -0.05) is 42.5 Å². The molecule has 0 radical (unpaired) electrons. The summed E-state index contributed by atoms with van der Waals surface area (Å²) in [6, 6.07) is 23.5. The van der Waals surface area contributed by atoms with Crippen molar-refractivity contribution in [2.75, 3.05) is 11.9 Å². The van der Waals surface area contributed by atoms with E-state index in [1.54, 1.807) is 12.1 Å². The molecule has 8 nitrogen and oxygen atoms in total. The number of carbonyl (C=O) groups is 1. The number of benzene rings is 4. The van der Waals surface area contributed by atoms with E-state index in [2.05, 4.69) is 62.0 Å². The SMILES string of the molecule is CCOc1cc(C=C(C#N)C(=O)Nc2ccc([N+](=O)[O-])cc2Br)cc(I)c1OCc1cccc2ccccc12. The number of rotatable bonds is 9. The Balaban J connectivity index is 1.58. The fourth-order valence-corrected chi connectivity index (χ4v) is 5.11. The van der Waals surface area contributed by atoms with Gasteiger partial charge in [-0.05, 0) is 91.6 Å². The number of ether oxygens (including phenoxy) is 2. The van der Waals surface area contributed by atoms with E-state index in [-0.39, 0.29) is 11.3 Å². The normalized spacial score (nSPS) is 11.1. The summed E-state index contributed by atoms with van der Waals surface area (Å²) in [6.07, 6.45) is 1.45. The molecule has 1 amide bonds. The zero-order valence-electron chi connectivity index (χ0n) is 20.6. The second kappa shape index (κ2) is 12.7. The van der Waals surface area contributed by atoms with E-state index in [0.717, 1.165) is 19.9 Å². The molecule has 39 heavy (non-hydrogen) atoms. The van der Waals surface area contributed by atoms with Crippen molar-refractivity contribution in [1.29, 1.82) is 5.26 Å². The highest BCUT2D eigenvalue weighted by Gasteiger charge is 2.17. The van der Waals surface area contributed by atoms with Gasteiger partial charge in [0.25, 0.3) is 11.6 Å². The lowest BCUT2D eigenvalue weighted by molar-refractivity contribution is -0.384. The number of non-ortho nitro benzene ring substituents is 1. The smallest absolute Gasteiger partial charge is 0.270 e. The van der Waals surface area contributed by atoms with Crippen LogP contribution in [0, 0.1) is 25.0 Å². The van der Waals surface area contributed by atoms with E-state index in [9.17, 15) is 20.2 Å². The van der Waals surface area contributed by atoms with Crippen molar-refractivity contribution in [2.45, 2.75) is 13.5 Å². The molecule has 0 aromatic heterocycles. The molecule has 0 spiro atoms. The summed E-state index contributed by atoms with van der Waals surface area (Å²) < 4.78 is 13.1. The van der Waals surface area contributed by atoms with Crippen LogP contribution in [0.4, 0.5) is 11.4 Å². The van der Waals surface area contributed by atoms with Crippen molar-refractivity contribution in [3.05, 3.63) is 108 Å². The third-order valence-electron chi connectivity index (χ3n) is 5.67. The molecule has 4 rings (SSSR count). The first-order chi connectivity index (χ1) is 18.8. The number of nitro benzene ring substituents is 1. The predicted octanol–water partition coefficient (Wildman–Crippen LogP) is 7.64. The number of nitro groups is 1. The van der Waals surface area contributed by atoms with Crippen LogP contribution in [-0.2, 0) is 11.4 Å². The second-order valence-corrected chi connectivity index (χ2v) is 10.3. The van der Waals surface area contributed by atoms with E-state index in [1.807, 2.05) is 37.3 Å². The maximum Gasteiger partial charge on any atom is 0.270 e. The highest BCUT2D eigenvalue weighted by atomic mass is 127. The average Bonchev–Trinajstić information content (AvgIpc) is 2.92. The fourth-order valence-electron chi connectivity index (χ4n) is 3.87. The number of hydrogen-bond acceptors (Lipinski definition) is 6. The molecule has 10 heteroatoms. The van der Waals surface area contributed by atoms with Crippen molar-refractivity contribution in [3.63, 3.8) is 0 Å². The Bertz CT molecular complexity index is 1640. The van der Waals surface area contributed by atoms with Crippen molar-refractivity contribution >= 4 is 72.7 Å². The topological polar surface area (TPSA) is 114 Å². The standard InChI is InChI=1S/C29H21BrIN3O5/c1-2-38-27-14-18(12-21(16-32)29(35)33-26-11-10-22(34(36)37)15-24(26)30)13-25(31)28(27)39-17-20-8-5-7-19-6-3-4-9-23(19)20/h3-15H,2,17H2,1H3,(H,33,35). The van der Waals surface area contributed by atoms with Crippen molar-refractivity contribution in [1.82, 2.24) is 0 Å². The van der Waals surface area contributed by atoms with E-state index in [4.69, 9.17) is 9.47 Å². The number of hydrogen-bond donors (Lipinski definition) is 1. The van der Waals surface area contributed by atoms with Gasteiger partial charge in [0.05, 0.1) is 20.8 Å². The summed E-state index contributed by atoms with van der Waals surface area (Å²) in [5.41, 5.74) is 1.64. The van der Waals surface area contributed by atoms with Crippen LogP contribution in [0.15, 0.2) is 82.8 Å². The molecule has 0 heterocycles. The molecule has 0 aliphatic heterocycles. The summed E-state index contributed by atoms with van der Waals surface area (Å²) in [5, 5.41) is 25.5. The van der Waals surface area contributed by atoms with Crippen LogP contribution < -0.4 is 14.8 Å². The molecule has 0 aliphatic rings. The maximum atomic E-state index is 12.8. The molecule has 0 bridgehead atoms. The van der Waals surface area contributed by atoms with Crippen LogP contribution in [0.25, 0.3) is 16.8 Å². The monoisotopic (exact) mass is 697 g/mol. The van der Waals surface area contributed by atoms with E-state index in [0.29, 0.717) is 40.4 Å². The van der Waals surface area contributed by atoms with Gasteiger partial charge < -0.3 is 14.8 Å². The Morgan fingerprint density at radius 1 is 1.13 bits per heavy atom. The maximum absolute atomic E-state index is 12.8. The molecule has 0 saturated carbocycles. The quantitative estimate of drug-likeness (QED) is 0.0632. The molecule has 0 fully saturated rings. The first-order valence-corrected chi connectivity index (χ1v) is 13.6. The van der Waals surface area contributed by atoms with Gasteiger partial charge in [-0.15, -0.1) is 0 Å². The molecule has 4 aromatic rings. The van der Waals surface area contributed by atoms with Crippen LogP contribution in [0.5, 0.6) is 11.5 Å². The summed E-state index contributed by atoms with van der Waals surface area (Å²) in [7, 11) is 0. The molecular formula is C29H21BrIN3O5.